The number of nitrogens with two attached hydrogens (primary N) is 1. The van der Waals surface area contributed by atoms with E-state index in [0.29, 0.717) is 11.3 Å². The molecule has 1 heterocycles. The molecule has 0 aliphatic carbocycles. The van der Waals surface area contributed by atoms with E-state index in [1.807, 2.05) is 0 Å². The van der Waals surface area contributed by atoms with Crippen LogP contribution in [-0.2, 0) is 0 Å². The van der Waals surface area contributed by atoms with Gasteiger partial charge in [-0.15, -0.1) is 0 Å². The van der Waals surface area contributed by atoms with Crippen LogP contribution in [0, 0.1) is 5.82 Å². The Balaban J connectivity index is 2.70. The third kappa shape index (κ3) is 1.90. The monoisotopic (exact) mass is 316 g/mol. The maximum atomic E-state index is 14.2. The van der Waals surface area contributed by atoms with E-state index in [4.69, 9.17) is 19.7 Å². The van der Waals surface area contributed by atoms with Gasteiger partial charge in [0.05, 0.1) is 30.5 Å². The summed E-state index contributed by atoms with van der Waals surface area (Å²) < 4.78 is 29.3. The lowest BCUT2D eigenvalue weighted by Crippen LogP contribution is -1.97. The quantitative estimate of drug-likeness (QED) is 0.942. The summed E-state index contributed by atoms with van der Waals surface area (Å²) in [7, 11) is 2.89. The van der Waals surface area contributed by atoms with Gasteiger partial charge in [0.25, 0.3) is 0 Å². The maximum absolute atomic E-state index is 14.2. The predicted octanol–water partition coefficient (Wildman–Crippen LogP) is 2.84. The Morgan fingerprint density at radius 1 is 1.33 bits per heavy atom. The molecule has 0 spiro atoms. The van der Waals surface area contributed by atoms with E-state index in [9.17, 15) is 4.39 Å². The van der Waals surface area contributed by atoms with Crippen molar-refractivity contribution in [3.05, 3.63) is 22.6 Å². The molecule has 0 radical (unpaired) electrons. The van der Waals surface area contributed by atoms with Gasteiger partial charge in [-0.2, -0.15) is 0 Å². The SMILES string of the molecule is COc1cc(-c2cnoc2N)c(F)c(Br)c1OC. The molecular formula is C11H10BrFN2O3. The molecule has 7 heteroatoms. The lowest BCUT2D eigenvalue weighted by Gasteiger charge is -2.12. The number of nitrogens with zero attached hydrogens (tertiary/aromatic N) is 1. The zero-order valence-corrected chi connectivity index (χ0v) is 11.2. The first-order chi connectivity index (χ1) is 8.60. The van der Waals surface area contributed by atoms with E-state index >= 15 is 0 Å². The minimum Gasteiger partial charge on any atom is -0.493 e. The second-order valence-corrected chi connectivity index (χ2v) is 4.18. The van der Waals surface area contributed by atoms with Crippen LogP contribution in [0.5, 0.6) is 11.5 Å². The number of methoxy groups -OCH3 is 2. The summed E-state index contributed by atoms with van der Waals surface area (Å²) in [6.07, 6.45) is 1.34. The van der Waals surface area contributed by atoms with Gasteiger partial charge in [0.2, 0.25) is 5.88 Å². The number of benzene rings is 1. The number of hydrogen-bond acceptors (Lipinski definition) is 5. The van der Waals surface area contributed by atoms with Gasteiger partial charge in [-0.1, -0.05) is 5.16 Å². The number of halogens is 2. The van der Waals surface area contributed by atoms with Crippen molar-refractivity contribution in [2.24, 2.45) is 0 Å². The smallest absolute Gasteiger partial charge is 0.230 e. The summed E-state index contributed by atoms with van der Waals surface area (Å²) >= 11 is 3.12. The van der Waals surface area contributed by atoms with Crippen LogP contribution >= 0.6 is 15.9 Å². The molecule has 1 aromatic carbocycles. The predicted molar refractivity (Wildman–Crippen MR) is 67.1 cm³/mol. The van der Waals surface area contributed by atoms with Crippen LogP contribution in [0.4, 0.5) is 10.3 Å². The van der Waals surface area contributed by atoms with Crippen LogP contribution in [0.2, 0.25) is 0 Å². The molecule has 18 heavy (non-hydrogen) atoms. The van der Waals surface area contributed by atoms with Crippen molar-refractivity contribution in [2.75, 3.05) is 20.0 Å². The number of anilines is 1. The van der Waals surface area contributed by atoms with E-state index in [1.54, 1.807) is 0 Å². The minimum atomic E-state index is -0.525. The summed E-state index contributed by atoms with van der Waals surface area (Å²) in [5.74, 6) is 0.158. The average Bonchev–Trinajstić information content (AvgIpc) is 2.78. The highest BCUT2D eigenvalue weighted by Gasteiger charge is 2.21. The third-order valence-corrected chi connectivity index (χ3v) is 3.15. The third-order valence-electron chi connectivity index (χ3n) is 2.44. The highest BCUT2D eigenvalue weighted by molar-refractivity contribution is 9.10. The van der Waals surface area contributed by atoms with Crippen LogP contribution < -0.4 is 15.2 Å². The highest BCUT2D eigenvalue weighted by atomic mass is 79.9. The second-order valence-electron chi connectivity index (χ2n) is 3.39. The Kier molecular flexibility index (Phi) is 3.42. The maximum Gasteiger partial charge on any atom is 0.230 e. The average molecular weight is 317 g/mol. The molecule has 0 bridgehead atoms. The summed E-state index contributed by atoms with van der Waals surface area (Å²) in [5, 5.41) is 3.51. The van der Waals surface area contributed by atoms with Crippen molar-refractivity contribution >= 4 is 21.8 Å². The number of ether oxygens (including phenoxy) is 2. The lowest BCUT2D eigenvalue weighted by atomic mass is 10.1. The van der Waals surface area contributed by atoms with Crippen molar-refractivity contribution in [2.45, 2.75) is 0 Å². The molecule has 0 saturated carbocycles. The Labute approximate surface area is 111 Å². The van der Waals surface area contributed by atoms with Crippen LogP contribution in [0.1, 0.15) is 0 Å². The molecule has 0 saturated heterocycles. The molecule has 0 unspecified atom stereocenters. The lowest BCUT2D eigenvalue weighted by molar-refractivity contribution is 0.350. The Morgan fingerprint density at radius 2 is 2.06 bits per heavy atom. The van der Waals surface area contributed by atoms with Crippen LogP contribution in [0.25, 0.3) is 11.1 Å². The van der Waals surface area contributed by atoms with Gasteiger partial charge in [0.1, 0.15) is 5.82 Å². The van der Waals surface area contributed by atoms with Gasteiger partial charge in [0.15, 0.2) is 11.5 Å². The van der Waals surface area contributed by atoms with Gasteiger partial charge in [-0.3, -0.25) is 0 Å². The molecule has 1 aromatic heterocycles. The van der Waals surface area contributed by atoms with Gasteiger partial charge in [0, 0.05) is 5.56 Å². The Morgan fingerprint density at radius 3 is 2.56 bits per heavy atom. The van der Waals surface area contributed by atoms with Crippen LogP contribution in [0.15, 0.2) is 21.3 Å². The minimum absolute atomic E-state index is 0.0352. The first kappa shape index (κ1) is 12.7. The molecule has 5 nitrogen and oxygen atoms in total. The fourth-order valence-corrected chi connectivity index (χ4v) is 2.15. The van der Waals surface area contributed by atoms with Crippen LogP contribution in [0.3, 0.4) is 0 Å². The van der Waals surface area contributed by atoms with Crippen molar-refractivity contribution < 1.29 is 18.4 Å². The van der Waals surface area contributed by atoms with Gasteiger partial charge < -0.3 is 19.7 Å². The first-order valence-electron chi connectivity index (χ1n) is 4.90. The Bertz CT molecular complexity index is 586. The van der Waals surface area contributed by atoms with E-state index < -0.39 is 5.82 Å². The number of rotatable bonds is 3. The van der Waals surface area contributed by atoms with E-state index in [0.717, 1.165) is 0 Å². The molecule has 2 rings (SSSR count). The van der Waals surface area contributed by atoms with E-state index in [1.165, 1.54) is 26.5 Å². The summed E-state index contributed by atoms with van der Waals surface area (Å²) in [6.45, 7) is 0. The molecular weight excluding hydrogens is 307 g/mol. The summed E-state index contributed by atoms with van der Waals surface area (Å²) in [5.41, 5.74) is 6.15. The molecule has 0 atom stereocenters. The molecule has 0 amide bonds. The van der Waals surface area contributed by atoms with Crippen molar-refractivity contribution in [3.63, 3.8) is 0 Å². The number of hydrogen-bond donors (Lipinski definition) is 1. The van der Waals surface area contributed by atoms with Gasteiger partial charge in [-0.25, -0.2) is 4.39 Å². The van der Waals surface area contributed by atoms with Gasteiger partial charge >= 0.3 is 0 Å². The molecule has 0 fully saturated rings. The number of nitrogen functional groups attached to an aromatic ring is 1. The standard InChI is InChI=1S/C11H10BrFN2O3/c1-16-7-3-5(6-4-15-18-11(6)14)9(13)8(12)10(7)17-2/h3-4H,14H2,1-2H3. The van der Waals surface area contributed by atoms with Crippen molar-refractivity contribution in [1.29, 1.82) is 0 Å². The normalized spacial score (nSPS) is 10.4. The second kappa shape index (κ2) is 4.85. The van der Waals surface area contributed by atoms with Crippen molar-refractivity contribution in [1.82, 2.24) is 5.16 Å². The molecule has 2 N–H and O–H groups in total. The molecule has 96 valence electrons. The summed E-state index contributed by atoms with van der Waals surface area (Å²) in [4.78, 5) is 0. The molecule has 2 aromatic rings. The largest absolute Gasteiger partial charge is 0.493 e. The number of aromatic nitrogens is 1. The Hall–Kier alpha value is -1.76. The summed E-state index contributed by atoms with van der Waals surface area (Å²) in [6, 6.07) is 1.47. The fraction of sp³-hybridized carbons (Fsp3) is 0.182. The fourth-order valence-electron chi connectivity index (χ4n) is 1.57. The van der Waals surface area contributed by atoms with E-state index in [-0.39, 0.29) is 21.7 Å². The zero-order chi connectivity index (χ0) is 13.3. The highest BCUT2D eigenvalue weighted by Crippen LogP contribution is 2.43. The zero-order valence-electron chi connectivity index (χ0n) is 9.66. The van der Waals surface area contributed by atoms with Gasteiger partial charge in [-0.05, 0) is 22.0 Å². The van der Waals surface area contributed by atoms with E-state index in [2.05, 4.69) is 21.1 Å². The van der Waals surface area contributed by atoms with Crippen LogP contribution in [-0.4, -0.2) is 19.4 Å². The molecule has 0 aliphatic rings. The topological polar surface area (TPSA) is 70.5 Å². The first-order valence-corrected chi connectivity index (χ1v) is 5.70. The molecule has 0 aliphatic heterocycles. The van der Waals surface area contributed by atoms with Crippen molar-refractivity contribution in [3.8, 4) is 22.6 Å².